The van der Waals surface area contributed by atoms with Gasteiger partial charge in [-0.3, -0.25) is 9.59 Å². The van der Waals surface area contributed by atoms with Crippen LogP contribution in [0.3, 0.4) is 0 Å². The van der Waals surface area contributed by atoms with Crippen LogP contribution in [0, 0.1) is 6.92 Å². The predicted molar refractivity (Wildman–Crippen MR) is 89.8 cm³/mol. The zero-order valence-corrected chi connectivity index (χ0v) is 13.8. The number of hydrogen-bond acceptors (Lipinski definition) is 4. The van der Waals surface area contributed by atoms with Crippen molar-refractivity contribution in [1.29, 1.82) is 0 Å². The van der Waals surface area contributed by atoms with Gasteiger partial charge in [0, 0.05) is 16.3 Å². The molecule has 0 aliphatic rings. The second-order valence-corrected chi connectivity index (χ2v) is 6.04. The van der Waals surface area contributed by atoms with Gasteiger partial charge in [-0.15, -0.1) is 0 Å². The summed E-state index contributed by atoms with van der Waals surface area (Å²) in [5, 5.41) is 3.75. The fourth-order valence-electron chi connectivity index (χ4n) is 1.87. The van der Waals surface area contributed by atoms with Crippen molar-refractivity contribution in [3.63, 3.8) is 0 Å². The molecular formula is C15H16ClN3O2S. The summed E-state index contributed by atoms with van der Waals surface area (Å²) in [4.78, 5) is 30.7. The Kier molecular flexibility index (Phi) is 5.63. The molecule has 116 valence electrons. The average Bonchev–Trinajstić information content (AvgIpc) is 2.48. The van der Waals surface area contributed by atoms with E-state index in [0.29, 0.717) is 27.9 Å². The molecular weight excluding hydrogens is 322 g/mol. The lowest BCUT2D eigenvalue weighted by Gasteiger charge is -2.07. The highest BCUT2D eigenvalue weighted by Gasteiger charge is 2.09. The number of benzene rings is 1. The lowest BCUT2D eigenvalue weighted by atomic mass is 10.2. The van der Waals surface area contributed by atoms with Crippen molar-refractivity contribution in [2.45, 2.75) is 25.4 Å². The van der Waals surface area contributed by atoms with Crippen molar-refractivity contribution in [2.24, 2.45) is 0 Å². The SMILES string of the molecule is CCc1nc(SCC(=O)Nc2cccc(Cl)c2)[nH]c(=O)c1C. The highest BCUT2D eigenvalue weighted by atomic mass is 35.5. The number of nitrogens with zero attached hydrogens (tertiary/aromatic N) is 1. The number of H-pyrrole nitrogens is 1. The molecule has 1 aromatic heterocycles. The smallest absolute Gasteiger partial charge is 0.254 e. The van der Waals surface area contributed by atoms with Crippen LogP contribution >= 0.6 is 23.4 Å². The number of thioether (sulfide) groups is 1. The summed E-state index contributed by atoms with van der Waals surface area (Å²) in [7, 11) is 0. The van der Waals surface area contributed by atoms with E-state index in [1.807, 2.05) is 6.92 Å². The Morgan fingerprint density at radius 3 is 2.91 bits per heavy atom. The van der Waals surface area contributed by atoms with Crippen LogP contribution in [0.25, 0.3) is 0 Å². The van der Waals surface area contributed by atoms with E-state index < -0.39 is 0 Å². The monoisotopic (exact) mass is 337 g/mol. The summed E-state index contributed by atoms with van der Waals surface area (Å²) in [6, 6.07) is 6.93. The number of aromatic amines is 1. The van der Waals surface area contributed by atoms with E-state index in [4.69, 9.17) is 11.6 Å². The molecule has 2 rings (SSSR count). The molecule has 5 nitrogen and oxygen atoms in total. The number of anilines is 1. The lowest BCUT2D eigenvalue weighted by Crippen LogP contribution is -2.18. The van der Waals surface area contributed by atoms with Crippen LogP contribution in [-0.2, 0) is 11.2 Å². The summed E-state index contributed by atoms with van der Waals surface area (Å²) >= 11 is 7.05. The Hall–Kier alpha value is -1.79. The van der Waals surface area contributed by atoms with Gasteiger partial charge in [-0.1, -0.05) is 36.4 Å². The van der Waals surface area contributed by atoms with Crippen molar-refractivity contribution < 1.29 is 4.79 Å². The summed E-state index contributed by atoms with van der Waals surface area (Å²) in [5.41, 5.74) is 1.85. The number of rotatable bonds is 5. The Bertz CT molecular complexity index is 746. The highest BCUT2D eigenvalue weighted by Crippen LogP contribution is 2.17. The second-order valence-electron chi connectivity index (χ2n) is 4.64. The Balaban J connectivity index is 1.99. The minimum atomic E-state index is -0.187. The van der Waals surface area contributed by atoms with Gasteiger partial charge in [0.05, 0.1) is 11.4 Å². The molecule has 7 heteroatoms. The van der Waals surface area contributed by atoms with Crippen molar-refractivity contribution in [3.05, 3.63) is 50.9 Å². The summed E-state index contributed by atoms with van der Waals surface area (Å²) in [6.45, 7) is 3.68. The van der Waals surface area contributed by atoms with Crippen LogP contribution < -0.4 is 10.9 Å². The number of halogens is 1. The summed E-state index contributed by atoms with van der Waals surface area (Å²) < 4.78 is 0. The van der Waals surface area contributed by atoms with Crippen LogP contribution in [0.1, 0.15) is 18.2 Å². The molecule has 1 heterocycles. The maximum absolute atomic E-state index is 11.9. The Morgan fingerprint density at radius 2 is 2.23 bits per heavy atom. The van der Waals surface area contributed by atoms with Gasteiger partial charge in [-0.2, -0.15) is 0 Å². The van der Waals surface area contributed by atoms with E-state index in [-0.39, 0.29) is 17.2 Å². The highest BCUT2D eigenvalue weighted by molar-refractivity contribution is 7.99. The molecule has 0 atom stereocenters. The van der Waals surface area contributed by atoms with Crippen LogP contribution in [0.15, 0.2) is 34.2 Å². The largest absolute Gasteiger partial charge is 0.325 e. The first kappa shape index (κ1) is 16.6. The molecule has 0 unspecified atom stereocenters. The van der Waals surface area contributed by atoms with E-state index in [0.717, 1.165) is 5.69 Å². The third kappa shape index (κ3) is 4.35. The molecule has 22 heavy (non-hydrogen) atoms. The van der Waals surface area contributed by atoms with Crippen molar-refractivity contribution in [2.75, 3.05) is 11.1 Å². The molecule has 0 radical (unpaired) electrons. The molecule has 2 N–H and O–H groups in total. The minimum Gasteiger partial charge on any atom is -0.325 e. The third-order valence-electron chi connectivity index (χ3n) is 3.01. The van der Waals surface area contributed by atoms with Crippen molar-refractivity contribution in [3.8, 4) is 0 Å². The van der Waals surface area contributed by atoms with Crippen LogP contribution in [0.2, 0.25) is 5.02 Å². The molecule has 0 spiro atoms. The van der Waals surface area contributed by atoms with Crippen LogP contribution in [0.4, 0.5) is 5.69 Å². The number of nitrogens with one attached hydrogen (secondary N) is 2. The molecule has 1 amide bonds. The molecule has 0 saturated heterocycles. The van der Waals surface area contributed by atoms with Crippen LogP contribution in [-0.4, -0.2) is 21.6 Å². The number of aromatic nitrogens is 2. The van der Waals surface area contributed by atoms with Gasteiger partial charge in [0.25, 0.3) is 5.56 Å². The first-order valence-corrected chi connectivity index (χ1v) is 8.14. The topological polar surface area (TPSA) is 74.8 Å². The van der Waals surface area contributed by atoms with E-state index in [2.05, 4.69) is 15.3 Å². The zero-order chi connectivity index (χ0) is 16.1. The van der Waals surface area contributed by atoms with Gasteiger partial charge < -0.3 is 10.3 Å². The number of carbonyl (C=O) groups excluding carboxylic acids is 1. The summed E-state index contributed by atoms with van der Waals surface area (Å²) in [5.74, 6) is -0.0321. The third-order valence-corrected chi connectivity index (χ3v) is 4.12. The van der Waals surface area contributed by atoms with Crippen molar-refractivity contribution >= 4 is 35.0 Å². The molecule has 0 saturated carbocycles. The fourth-order valence-corrected chi connectivity index (χ4v) is 2.74. The standard InChI is InChI=1S/C15H16ClN3O2S/c1-3-12-9(2)14(21)19-15(18-12)22-8-13(20)17-11-6-4-5-10(16)7-11/h4-7H,3,8H2,1-2H3,(H,17,20)(H,18,19,21). The van der Waals surface area contributed by atoms with Gasteiger partial charge >= 0.3 is 0 Å². The molecule has 1 aromatic carbocycles. The summed E-state index contributed by atoms with van der Waals surface area (Å²) in [6.07, 6.45) is 0.679. The second kappa shape index (κ2) is 7.47. The quantitative estimate of drug-likeness (QED) is 0.649. The molecule has 0 fully saturated rings. The van der Waals surface area contributed by atoms with Crippen LogP contribution in [0.5, 0.6) is 0 Å². The van der Waals surface area contributed by atoms with E-state index in [1.54, 1.807) is 31.2 Å². The van der Waals surface area contributed by atoms with Gasteiger partial charge in [0.2, 0.25) is 5.91 Å². The van der Waals surface area contributed by atoms with Gasteiger partial charge in [-0.05, 0) is 31.5 Å². The normalized spacial score (nSPS) is 10.5. The first-order valence-electron chi connectivity index (χ1n) is 6.77. The maximum Gasteiger partial charge on any atom is 0.254 e. The van der Waals surface area contributed by atoms with Gasteiger partial charge in [0.15, 0.2) is 5.16 Å². The zero-order valence-electron chi connectivity index (χ0n) is 12.3. The van der Waals surface area contributed by atoms with Crippen molar-refractivity contribution in [1.82, 2.24) is 9.97 Å². The van der Waals surface area contributed by atoms with E-state index in [9.17, 15) is 9.59 Å². The molecule has 2 aromatic rings. The van der Waals surface area contributed by atoms with E-state index in [1.165, 1.54) is 11.8 Å². The number of carbonyl (C=O) groups is 1. The Morgan fingerprint density at radius 1 is 1.45 bits per heavy atom. The molecule has 0 aliphatic heterocycles. The van der Waals surface area contributed by atoms with E-state index >= 15 is 0 Å². The first-order chi connectivity index (χ1) is 10.5. The van der Waals surface area contributed by atoms with Gasteiger partial charge in [-0.25, -0.2) is 4.98 Å². The molecule has 0 bridgehead atoms. The Labute approximate surface area is 137 Å². The average molecular weight is 338 g/mol. The number of hydrogen-bond donors (Lipinski definition) is 2. The lowest BCUT2D eigenvalue weighted by molar-refractivity contribution is -0.113. The number of amides is 1. The molecule has 0 aliphatic carbocycles. The predicted octanol–water partition coefficient (Wildman–Crippen LogP) is 3.02. The maximum atomic E-state index is 11.9. The number of aryl methyl sites for hydroxylation is 1. The minimum absolute atomic E-state index is 0.154. The fraction of sp³-hybridized carbons (Fsp3) is 0.267. The van der Waals surface area contributed by atoms with Gasteiger partial charge in [0.1, 0.15) is 0 Å².